The smallest absolute Gasteiger partial charge is 0.221 e. The predicted molar refractivity (Wildman–Crippen MR) is 87.6 cm³/mol. The lowest BCUT2D eigenvalue weighted by Crippen LogP contribution is -2.26. The zero-order valence-corrected chi connectivity index (χ0v) is 12.8. The molecule has 0 aliphatic heterocycles. The molecule has 2 aromatic carbocycles. The predicted octanol–water partition coefficient (Wildman–Crippen LogP) is 2.49. The average molecular weight is 298 g/mol. The van der Waals surface area contributed by atoms with Gasteiger partial charge in [-0.2, -0.15) is 0 Å². The highest BCUT2D eigenvalue weighted by molar-refractivity contribution is 5.76. The molecule has 2 N–H and O–H groups in total. The normalized spacial score (nSPS) is 10.2. The van der Waals surface area contributed by atoms with E-state index in [0.717, 1.165) is 16.9 Å². The number of carbonyl (C=O) groups excluding carboxylic acids is 1. The molecule has 2 rings (SSSR count). The second-order valence-corrected chi connectivity index (χ2v) is 5.05. The molecule has 0 unspecified atom stereocenters. The fourth-order valence-corrected chi connectivity index (χ4v) is 1.97. The van der Waals surface area contributed by atoms with E-state index in [-0.39, 0.29) is 5.91 Å². The molecule has 116 valence electrons. The van der Waals surface area contributed by atoms with E-state index < -0.39 is 0 Å². The van der Waals surface area contributed by atoms with Gasteiger partial charge in [-0.25, -0.2) is 0 Å². The summed E-state index contributed by atoms with van der Waals surface area (Å²) in [5, 5.41) is 5.85. The molecule has 0 fully saturated rings. The first-order valence-electron chi connectivity index (χ1n) is 7.45. The van der Waals surface area contributed by atoms with Gasteiger partial charge in [-0.1, -0.05) is 42.5 Å². The molecular weight excluding hydrogens is 276 g/mol. The molecule has 4 heteroatoms. The Morgan fingerprint density at radius 2 is 1.73 bits per heavy atom. The van der Waals surface area contributed by atoms with Crippen molar-refractivity contribution in [2.24, 2.45) is 0 Å². The number of nitrogens with one attached hydrogen (secondary N) is 2. The third-order valence-corrected chi connectivity index (χ3v) is 3.26. The fraction of sp³-hybridized carbons (Fsp3) is 0.278. The van der Waals surface area contributed by atoms with Gasteiger partial charge < -0.3 is 15.4 Å². The van der Waals surface area contributed by atoms with E-state index in [0.29, 0.717) is 26.1 Å². The maximum atomic E-state index is 11.5. The van der Waals surface area contributed by atoms with Gasteiger partial charge in [0.25, 0.3) is 0 Å². The van der Waals surface area contributed by atoms with Gasteiger partial charge in [-0.3, -0.25) is 4.79 Å². The van der Waals surface area contributed by atoms with Gasteiger partial charge in [0.05, 0.1) is 0 Å². The fourth-order valence-electron chi connectivity index (χ4n) is 1.97. The number of carbonyl (C=O) groups is 1. The second kappa shape index (κ2) is 8.85. The first kappa shape index (κ1) is 16.0. The highest BCUT2D eigenvalue weighted by atomic mass is 16.5. The zero-order chi connectivity index (χ0) is 15.6. The number of hydrogen-bond acceptors (Lipinski definition) is 3. The van der Waals surface area contributed by atoms with Crippen molar-refractivity contribution in [3.63, 3.8) is 0 Å². The quantitative estimate of drug-likeness (QED) is 0.787. The van der Waals surface area contributed by atoms with Crippen LogP contribution in [0, 0.1) is 0 Å². The number of ether oxygens (including phenoxy) is 1. The minimum Gasteiger partial charge on any atom is -0.489 e. The number of rotatable bonds is 8. The summed E-state index contributed by atoms with van der Waals surface area (Å²) in [6.07, 6.45) is 0.495. The van der Waals surface area contributed by atoms with Gasteiger partial charge in [0.2, 0.25) is 5.91 Å². The van der Waals surface area contributed by atoms with E-state index in [1.165, 1.54) is 0 Å². The van der Waals surface area contributed by atoms with Gasteiger partial charge in [0.15, 0.2) is 0 Å². The monoisotopic (exact) mass is 298 g/mol. The van der Waals surface area contributed by atoms with Gasteiger partial charge >= 0.3 is 0 Å². The number of hydrogen-bond donors (Lipinski definition) is 2. The van der Waals surface area contributed by atoms with Crippen LogP contribution in [0.4, 0.5) is 0 Å². The van der Waals surface area contributed by atoms with Crippen molar-refractivity contribution >= 4 is 5.91 Å². The first-order valence-corrected chi connectivity index (χ1v) is 7.45. The van der Waals surface area contributed by atoms with Crippen LogP contribution in [0.5, 0.6) is 5.75 Å². The Morgan fingerprint density at radius 1 is 1.00 bits per heavy atom. The highest BCUT2D eigenvalue weighted by Gasteiger charge is 2.01. The van der Waals surface area contributed by atoms with Crippen molar-refractivity contribution in [1.29, 1.82) is 0 Å². The maximum Gasteiger partial charge on any atom is 0.221 e. The Morgan fingerprint density at radius 3 is 2.41 bits per heavy atom. The second-order valence-electron chi connectivity index (χ2n) is 5.05. The summed E-state index contributed by atoms with van der Waals surface area (Å²) in [5.41, 5.74) is 2.20. The van der Waals surface area contributed by atoms with Crippen LogP contribution >= 0.6 is 0 Å². The van der Waals surface area contributed by atoms with E-state index >= 15 is 0 Å². The topological polar surface area (TPSA) is 50.4 Å². The molecule has 2 aromatic rings. The molecule has 1 amide bonds. The largest absolute Gasteiger partial charge is 0.489 e. The van der Waals surface area contributed by atoms with Crippen molar-refractivity contribution in [2.45, 2.75) is 19.6 Å². The molecule has 4 nitrogen and oxygen atoms in total. The molecule has 0 atom stereocenters. The van der Waals surface area contributed by atoms with Crippen molar-refractivity contribution in [1.82, 2.24) is 10.6 Å². The molecule has 0 heterocycles. The Hall–Kier alpha value is -2.33. The van der Waals surface area contributed by atoms with Crippen LogP contribution < -0.4 is 15.4 Å². The minimum atomic E-state index is 0.0544. The van der Waals surface area contributed by atoms with Crippen molar-refractivity contribution in [2.75, 3.05) is 13.6 Å². The average Bonchev–Trinajstić information content (AvgIpc) is 2.58. The van der Waals surface area contributed by atoms with Gasteiger partial charge in [-0.05, 0) is 30.3 Å². The molecule has 0 radical (unpaired) electrons. The van der Waals surface area contributed by atoms with Gasteiger partial charge in [0, 0.05) is 19.5 Å². The van der Waals surface area contributed by atoms with Crippen LogP contribution in [0.3, 0.4) is 0 Å². The molecule has 0 aromatic heterocycles. The lowest BCUT2D eigenvalue weighted by Gasteiger charge is -2.08. The van der Waals surface area contributed by atoms with Crippen LogP contribution in [-0.4, -0.2) is 19.5 Å². The lowest BCUT2D eigenvalue weighted by molar-refractivity contribution is -0.121. The van der Waals surface area contributed by atoms with Crippen molar-refractivity contribution < 1.29 is 9.53 Å². The van der Waals surface area contributed by atoms with E-state index in [9.17, 15) is 4.79 Å². The third kappa shape index (κ3) is 5.58. The summed E-state index contributed by atoms with van der Waals surface area (Å²) in [5.74, 6) is 0.882. The zero-order valence-electron chi connectivity index (χ0n) is 12.8. The standard InChI is InChI=1S/C18H22N2O2/c1-19-12-11-18(21)20-13-15-7-9-17(10-8-15)22-14-16-5-3-2-4-6-16/h2-10,19H,11-14H2,1H3,(H,20,21). The molecule has 0 saturated heterocycles. The third-order valence-electron chi connectivity index (χ3n) is 3.26. The molecule has 0 saturated carbocycles. The number of benzene rings is 2. The Kier molecular flexibility index (Phi) is 6.45. The van der Waals surface area contributed by atoms with Crippen LogP contribution in [0.1, 0.15) is 17.5 Å². The molecule has 0 aliphatic carbocycles. The van der Waals surface area contributed by atoms with E-state index in [2.05, 4.69) is 10.6 Å². The van der Waals surface area contributed by atoms with Gasteiger partial charge in [-0.15, -0.1) is 0 Å². The maximum absolute atomic E-state index is 11.5. The Balaban J connectivity index is 1.76. The van der Waals surface area contributed by atoms with E-state index in [1.54, 1.807) is 0 Å². The van der Waals surface area contributed by atoms with Crippen LogP contribution in [0.2, 0.25) is 0 Å². The van der Waals surface area contributed by atoms with E-state index in [1.807, 2.05) is 61.6 Å². The summed E-state index contributed by atoms with van der Waals surface area (Å²) in [7, 11) is 1.83. The minimum absolute atomic E-state index is 0.0544. The highest BCUT2D eigenvalue weighted by Crippen LogP contribution is 2.14. The van der Waals surface area contributed by atoms with Crippen LogP contribution in [-0.2, 0) is 17.9 Å². The molecule has 0 aliphatic rings. The van der Waals surface area contributed by atoms with Crippen molar-refractivity contribution in [3.05, 3.63) is 65.7 Å². The number of amides is 1. The molecule has 0 spiro atoms. The summed E-state index contributed by atoms with van der Waals surface area (Å²) >= 11 is 0. The Bertz CT molecular complexity index is 567. The SMILES string of the molecule is CNCCC(=O)NCc1ccc(OCc2ccccc2)cc1. The molecule has 22 heavy (non-hydrogen) atoms. The summed E-state index contributed by atoms with van der Waals surface area (Å²) < 4.78 is 5.73. The summed E-state index contributed by atoms with van der Waals surface area (Å²) in [4.78, 5) is 11.5. The van der Waals surface area contributed by atoms with Crippen LogP contribution in [0.15, 0.2) is 54.6 Å². The lowest BCUT2D eigenvalue weighted by atomic mass is 10.2. The van der Waals surface area contributed by atoms with Crippen LogP contribution in [0.25, 0.3) is 0 Å². The summed E-state index contributed by atoms with van der Waals surface area (Å²) in [6.45, 7) is 1.79. The van der Waals surface area contributed by atoms with Gasteiger partial charge in [0.1, 0.15) is 12.4 Å². The molecule has 0 bridgehead atoms. The Labute approximate surface area is 131 Å². The van der Waals surface area contributed by atoms with E-state index in [4.69, 9.17) is 4.74 Å². The molecular formula is C18H22N2O2. The van der Waals surface area contributed by atoms with Crippen molar-refractivity contribution in [3.8, 4) is 5.75 Å². The summed E-state index contributed by atoms with van der Waals surface area (Å²) in [6, 6.07) is 17.9. The first-order chi connectivity index (χ1) is 10.8.